The highest BCUT2D eigenvalue weighted by Gasteiger charge is 2.43. The van der Waals surface area contributed by atoms with Crippen LogP contribution in [0.3, 0.4) is 0 Å². The van der Waals surface area contributed by atoms with Gasteiger partial charge in [0.1, 0.15) is 24.3 Å². The second-order valence-corrected chi connectivity index (χ2v) is 7.87. The van der Waals surface area contributed by atoms with Gasteiger partial charge in [0, 0.05) is 25.2 Å². The second-order valence-electron chi connectivity index (χ2n) is 7.87. The zero-order chi connectivity index (χ0) is 21.5. The lowest BCUT2D eigenvalue weighted by atomic mass is 9.96. The molecule has 1 aromatic carbocycles. The summed E-state index contributed by atoms with van der Waals surface area (Å²) < 4.78 is 16.2. The van der Waals surface area contributed by atoms with Gasteiger partial charge >= 0.3 is 0 Å². The second kappa shape index (κ2) is 7.55. The number of halogens is 1. The molecule has 0 saturated carbocycles. The summed E-state index contributed by atoms with van der Waals surface area (Å²) in [6, 6.07) is 6.65. The molecule has 2 N–H and O–H groups in total. The van der Waals surface area contributed by atoms with Gasteiger partial charge in [-0.1, -0.05) is 0 Å². The Hall–Kier alpha value is -3.65. The van der Waals surface area contributed by atoms with E-state index in [-0.39, 0.29) is 29.5 Å². The molecule has 0 aliphatic carbocycles. The van der Waals surface area contributed by atoms with Crippen LogP contribution in [0.5, 0.6) is 5.75 Å². The molecule has 5 rings (SSSR count). The maximum Gasteiger partial charge on any atom is 0.252 e. The van der Waals surface area contributed by atoms with Crippen molar-refractivity contribution in [2.45, 2.75) is 43.6 Å². The molecule has 0 unspecified atom stereocenters. The number of aromatic nitrogens is 6. The Balaban J connectivity index is 1.35. The summed E-state index contributed by atoms with van der Waals surface area (Å²) in [5.41, 5.74) is 0.934. The number of nitriles is 1. The number of benzene rings is 1. The number of nitrogens with one attached hydrogen (secondary N) is 1. The number of hydrogen-bond acceptors (Lipinski definition) is 9. The van der Waals surface area contributed by atoms with E-state index in [0.717, 1.165) is 19.3 Å². The quantitative estimate of drug-likeness (QED) is 0.641. The van der Waals surface area contributed by atoms with Crippen molar-refractivity contribution in [3.05, 3.63) is 36.5 Å². The number of fused-ring (bicyclic) bond motifs is 2. The molecule has 2 aliphatic rings. The third-order valence-electron chi connectivity index (χ3n) is 6.04. The van der Waals surface area contributed by atoms with Gasteiger partial charge in [0.05, 0.1) is 23.5 Å². The van der Waals surface area contributed by atoms with Crippen LogP contribution in [0.4, 0.5) is 10.2 Å². The van der Waals surface area contributed by atoms with E-state index >= 15 is 0 Å². The predicted molar refractivity (Wildman–Crippen MR) is 108 cm³/mol. The molecule has 3 aromatic rings. The van der Waals surface area contributed by atoms with E-state index in [0.29, 0.717) is 23.1 Å². The Morgan fingerprint density at radius 3 is 2.87 bits per heavy atom. The van der Waals surface area contributed by atoms with Crippen LogP contribution in [0, 0.1) is 11.3 Å². The molecule has 2 aromatic heterocycles. The van der Waals surface area contributed by atoms with Crippen LogP contribution < -0.4 is 10.2 Å². The predicted octanol–water partition coefficient (Wildman–Crippen LogP) is 1.36. The summed E-state index contributed by atoms with van der Waals surface area (Å²) in [5, 5.41) is 35.0. The summed E-state index contributed by atoms with van der Waals surface area (Å²) in [7, 11) is 1.81. The van der Waals surface area contributed by atoms with Gasteiger partial charge in [-0.25, -0.2) is 19.0 Å². The molecule has 2 aliphatic heterocycles. The first-order chi connectivity index (χ1) is 15.0. The number of anilines is 1. The topological polar surface area (TPSA) is 129 Å². The highest BCUT2D eigenvalue weighted by atomic mass is 19.1. The van der Waals surface area contributed by atoms with Gasteiger partial charge in [-0.2, -0.15) is 5.26 Å². The minimum absolute atomic E-state index is 0.0353. The Morgan fingerprint density at radius 1 is 1.29 bits per heavy atom. The van der Waals surface area contributed by atoms with Crippen molar-refractivity contribution in [1.82, 2.24) is 35.3 Å². The van der Waals surface area contributed by atoms with Crippen molar-refractivity contribution in [2.24, 2.45) is 0 Å². The van der Waals surface area contributed by atoms with E-state index in [1.54, 1.807) is 23.2 Å². The van der Waals surface area contributed by atoms with E-state index in [1.165, 1.54) is 17.1 Å². The number of phenols is 1. The molecule has 2 bridgehead atoms. The molecule has 10 nitrogen and oxygen atoms in total. The van der Waals surface area contributed by atoms with E-state index < -0.39 is 6.17 Å². The molecule has 4 heterocycles. The molecule has 4 atom stereocenters. The van der Waals surface area contributed by atoms with Gasteiger partial charge in [-0.3, -0.25) is 0 Å². The minimum atomic E-state index is -0.972. The Labute approximate surface area is 177 Å². The SMILES string of the molecule is CN(c1cnc(-c2ccc(-n3cnc(C#N)n3)cc2O)nn1)[C@@H]1C[C@@H]2CC[C@@H](N2)[C@@H]1F. The third-order valence-corrected chi connectivity index (χ3v) is 6.04. The molecular weight excluding hydrogens is 401 g/mol. The fourth-order valence-electron chi connectivity index (χ4n) is 4.36. The lowest BCUT2D eigenvalue weighted by Crippen LogP contribution is -2.55. The standard InChI is InChI=1S/C20H20FN9O/c1-29(15-6-11-2-5-14(25-11)19(15)21)18-9-23-20(27-26-18)13-4-3-12(7-16(13)31)30-10-24-17(8-22)28-30/h3-4,7,9-11,14-15,19,25,31H,2,5-6H2,1H3/t11-,14+,15+,19-/m0/s1. The van der Waals surface area contributed by atoms with E-state index in [2.05, 4.69) is 30.6 Å². The summed E-state index contributed by atoms with van der Waals surface area (Å²) in [4.78, 5) is 9.98. The summed E-state index contributed by atoms with van der Waals surface area (Å²) >= 11 is 0. The molecule has 11 heteroatoms. The van der Waals surface area contributed by atoms with Crippen LogP contribution in [0.1, 0.15) is 25.1 Å². The fourth-order valence-corrected chi connectivity index (χ4v) is 4.36. The van der Waals surface area contributed by atoms with Crippen molar-refractivity contribution in [3.63, 3.8) is 0 Å². The molecule has 2 saturated heterocycles. The first-order valence-corrected chi connectivity index (χ1v) is 10.0. The number of alkyl halides is 1. The number of aromatic hydroxyl groups is 1. The Morgan fingerprint density at radius 2 is 2.16 bits per heavy atom. The zero-order valence-electron chi connectivity index (χ0n) is 16.7. The van der Waals surface area contributed by atoms with E-state index in [4.69, 9.17) is 5.26 Å². The van der Waals surface area contributed by atoms with Crippen LogP contribution >= 0.6 is 0 Å². The van der Waals surface area contributed by atoms with Gasteiger partial charge in [-0.05, 0) is 31.4 Å². The Bertz CT molecular complexity index is 1140. The molecular formula is C20H20FN9O. The zero-order valence-corrected chi connectivity index (χ0v) is 16.7. The number of nitrogens with zero attached hydrogens (tertiary/aromatic N) is 8. The fraction of sp³-hybridized carbons (Fsp3) is 0.400. The largest absolute Gasteiger partial charge is 0.507 e. The van der Waals surface area contributed by atoms with Crippen molar-refractivity contribution in [3.8, 4) is 28.9 Å². The molecule has 158 valence electrons. The van der Waals surface area contributed by atoms with Crippen molar-refractivity contribution in [2.75, 3.05) is 11.9 Å². The summed E-state index contributed by atoms with van der Waals surface area (Å²) in [6.45, 7) is 0. The monoisotopic (exact) mass is 421 g/mol. The lowest BCUT2D eigenvalue weighted by Gasteiger charge is -2.38. The maximum atomic E-state index is 14.8. The highest BCUT2D eigenvalue weighted by molar-refractivity contribution is 5.66. The van der Waals surface area contributed by atoms with E-state index in [9.17, 15) is 9.50 Å². The van der Waals surface area contributed by atoms with Crippen LogP contribution in [0.2, 0.25) is 0 Å². The number of piperidine rings is 1. The minimum Gasteiger partial charge on any atom is -0.507 e. The van der Waals surface area contributed by atoms with Gasteiger partial charge in [0.15, 0.2) is 11.6 Å². The van der Waals surface area contributed by atoms with Gasteiger partial charge in [0.2, 0.25) is 0 Å². The molecule has 0 spiro atoms. The molecule has 31 heavy (non-hydrogen) atoms. The van der Waals surface area contributed by atoms with Crippen molar-refractivity contribution < 1.29 is 9.50 Å². The van der Waals surface area contributed by atoms with E-state index in [1.807, 2.05) is 13.1 Å². The highest BCUT2D eigenvalue weighted by Crippen LogP contribution is 2.33. The van der Waals surface area contributed by atoms with Crippen LogP contribution in [-0.2, 0) is 0 Å². The van der Waals surface area contributed by atoms with Gasteiger partial charge in [0.25, 0.3) is 5.82 Å². The lowest BCUT2D eigenvalue weighted by molar-refractivity contribution is 0.176. The maximum absolute atomic E-state index is 14.8. The average Bonchev–Trinajstić information content (AvgIpc) is 3.43. The normalized spacial score (nSPS) is 24.7. The number of hydrogen-bond donors (Lipinski definition) is 2. The number of rotatable bonds is 4. The summed E-state index contributed by atoms with van der Waals surface area (Å²) in [5.74, 6) is 0.710. The molecule has 0 radical (unpaired) electrons. The first-order valence-electron chi connectivity index (χ1n) is 10.0. The smallest absolute Gasteiger partial charge is 0.252 e. The average molecular weight is 421 g/mol. The molecule has 0 amide bonds. The van der Waals surface area contributed by atoms with Crippen LogP contribution in [0.25, 0.3) is 17.1 Å². The molecule has 2 fully saturated rings. The van der Waals surface area contributed by atoms with Gasteiger partial charge in [-0.15, -0.1) is 15.3 Å². The van der Waals surface area contributed by atoms with Crippen molar-refractivity contribution >= 4 is 5.82 Å². The third kappa shape index (κ3) is 3.44. The Kier molecular flexibility index (Phi) is 4.71. The first kappa shape index (κ1) is 19.3. The van der Waals surface area contributed by atoms with Crippen LogP contribution in [0.15, 0.2) is 30.7 Å². The van der Waals surface area contributed by atoms with Crippen molar-refractivity contribution in [1.29, 1.82) is 5.26 Å². The van der Waals surface area contributed by atoms with Crippen LogP contribution in [-0.4, -0.2) is 66.4 Å². The van der Waals surface area contributed by atoms with Gasteiger partial charge < -0.3 is 15.3 Å². The summed E-state index contributed by atoms with van der Waals surface area (Å²) in [6.07, 6.45) is 4.54. The number of phenolic OH excluding ortho intramolecular Hbond substituents is 1.